The highest BCUT2D eigenvalue weighted by Crippen LogP contribution is 2.48. The van der Waals surface area contributed by atoms with Crippen LogP contribution in [0.2, 0.25) is 0 Å². The number of hydrogen-bond acceptors (Lipinski definition) is 2. The Labute approximate surface area is 86.1 Å². The molecule has 0 heterocycles. The van der Waals surface area contributed by atoms with Crippen molar-refractivity contribution in [1.82, 2.24) is 5.34 Å². The fourth-order valence-corrected chi connectivity index (χ4v) is 0.551. The van der Waals surface area contributed by atoms with Gasteiger partial charge in [0.15, 0.2) is 0 Å². The van der Waals surface area contributed by atoms with Crippen LogP contribution < -0.4 is 5.73 Å². The van der Waals surface area contributed by atoms with Gasteiger partial charge in [0.05, 0.1) is 0 Å². The molecule has 0 aromatic carbocycles. The fourth-order valence-electron chi connectivity index (χ4n) is 0.551. The lowest BCUT2D eigenvalue weighted by atomic mass is 10.1. The third-order valence-electron chi connectivity index (χ3n) is 1.42. The van der Waals surface area contributed by atoms with Crippen molar-refractivity contribution in [3.05, 3.63) is 11.8 Å². The Kier molecular flexibility index (Phi) is 3.94. The summed E-state index contributed by atoms with van der Waals surface area (Å²) in [5.74, 6) is -21.0. The first-order valence-corrected chi connectivity index (χ1v) is 3.36. The van der Waals surface area contributed by atoms with Gasteiger partial charge in [0.25, 0.3) is 5.95 Å². The van der Waals surface area contributed by atoms with Gasteiger partial charge in [-0.1, -0.05) is 8.96 Å². The predicted octanol–water partition coefficient (Wildman–Crippen LogP) is 2.99. The Morgan fingerprint density at radius 3 is 1.47 bits per heavy atom. The minimum atomic E-state index is -6.60. The summed E-state index contributed by atoms with van der Waals surface area (Å²) in [7, 11) is 0. The lowest BCUT2D eigenvalue weighted by Crippen LogP contribution is -2.59. The van der Waals surface area contributed by atoms with E-state index in [0.29, 0.717) is 0 Å². The smallest absolute Gasteiger partial charge is 0.267 e. The first kappa shape index (κ1) is 15.8. The molecule has 0 aliphatic heterocycles. The predicted molar refractivity (Wildman–Crippen MR) is 32.3 cm³/mol. The number of nitrogens with zero attached hydrogens (tertiary/aromatic N) is 1. The molecule has 0 aliphatic rings. The van der Waals surface area contributed by atoms with E-state index in [0.717, 1.165) is 0 Å². The van der Waals surface area contributed by atoms with Crippen LogP contribution in [0.25, 0.3) is 0 Å². The highest BCUT2D eigenvalue weighted by molar-refractivity contribution is 5.15. The normalized spacial score (nSPS) is 15.7. The Balaban J connectivity index is 5.66. The molecule has 0 rings (SSSR count). The first-order valence-electron chi connectivity index (χ1n) is 3.36. The maximum absolute atomic E-state index is 12.4. The fraction of sp³-hybridized carbons (Fsp3) is 0.600. The molecule has 0 unspecified atom stereocenters. The Bertz CT molecular complexity index is 315. The molecule has 0 fully saturated rings. The van der Waals surface area contributed by atoms with Gasteiger partial charge in [0.1, 0.15) is 0 Å². The molecule has 102 valence electrons. The second-order valence-electron chi connectivity index (χ2n) is 2.61. The number of nitrogens with two attached hydrogens (primary N) is 1. The third kappa shape index (κ3) is 2.56. The highest BCUT2D eigenvalue weighted by Gasteiger charge is 2.73. The molecule has 2 nitrogen and oxygen atoms in total. The largest absolute Gasteiger partial charge is 0.392 e. The quantitative estimate of drug-likeness (QED) is 0.487. The van der Waals surface area contributed by atoms with E-state index in [4.69, 9.17) is 0 Å². The van der Waals surface area contributed by atoms with Gasteiger partial charge in [-0.25, -0.2) is 0 Å². The van der Waals surface area contributed by atoms with Gasteiger partial charge < -0.3 is 0 Å². The van der Waals surface area contributed by atoms with Gasteiger partial charge in [-0.2, -0.15) is 35.1 Å². The number of allylic oxidation sites excluding steroid dienone is 1. The van der Waals surface area contributed by atoms with Crippen LogP contribution in [0.15, 0.2) is 11.8 Å². The minimum absolute atomic E-state index is 2.92. The van der Waals surface area contributed by atoms with Crippen LogP contribution in [0.1, 0.15) is 0 Å². The van der Waals surface area contributed by atoms with Crippen LogP contribution in [0.3, 0.4) is 0 Å². The molecular formula is C5H2F10N2. The average Bonchev–Trinajstić information content (AvgIpc) is 2.13. The molecule has 12 heteroatoms. The zero-order valence-corrected chi connectivity index (χ0v) is 7.30. The van der Waals surface area contributed by atoms with Crippen LogP contribution in [-0.2, 0) is 0 Å². The molecule has 17 heavy (non-hydrogen) atoms. The number of halogens is 10. The van der Waals surface area contributed by atoms with Crippen LogP contribution in [0, 0.1) is 0 Å². The molecule has 0 saturated carbocycles. The van der Waals surface area contributed by atoms with Gasteiger partial charge in [0.2, 0.25) is 5.83 Å². The molecule has 0 amide bonds. The van der Waals surface area contributed by atoms with Crippen LogP contribution in [0.4, 0.5) is 44.1 Å². The van der Waals surface area contributed by atoms with E-state index in [1.807, 2.05) is 0 Å². The van der Waals surface area contributed by atoms with Crippen LogP contribution >= 0.6 is 0 Å². The zero-order valence-electron chi connectivity index (χ0n) is 7.30. The van der Waals surface area contributed by atoms with Crippen LogP contribution in [0.5, 0.6) is 0 Å². The van der Waals surface area contributed by atoms with E-state index in [1.165, 1.54) is 0 Å². The monoisotopic (exact) mass is 280 g/mol. The molecular weight excluding hydrogens is 278 g/mol. The molecule has 0 aromatic heterocycles. The summed E-state index contributed by atoms with van der Waals surface area (Å²) in [5.41, 5.74) is 3.34. The lowest BCUT2D eigenvalue weighted by molar-refractivity contribution is -0.300. The number of alkyl halides is 6. The Morgan fingerprint density at radius 1 is 0.882 bits per heavy atom. The van der Waals surface area contributed by atoms with Crippen LogP contribution in [-0.4, -0.2) is 23.2 Å². The van der Waals surface area contributed by atoms with Crippen molar-refractivity contribution >= 4 is 0 Å². The van der Waals surface area contributed by atoms with E-state index in [1.54, 1.807) is 0 Å². The topological polar surface area (TPSA) is 29.3 Å². The van der Waals surface area contributed by atoms with Crippen molar-refractivity contribution in [3.63, 3.8) is 0 Å². The van der Waals surface area contributed by atoms with Gasteiger partial charge in [0, 0.05) is 0 Å². The Hall–Kier alpha value is -1.20. The summed E-state index contributed by atoms with van der Waals surface area (Å²) in [6, 6.07) is -5.95. The first-order chi connectivity index (χ1) is 7.26. The zero-order chi connectivity index (χ0) is 14.2. The van der Waals surface area contributed by atoms with Crippen molar-refractivity contribution in [2.45, 2.75) is 17.9 Å². The number of hydrogen-bond donors (Lipinski definition) is 1. The lowest BCUT2D eigenvalue weighted by Gasteiger charge is -2.29. The molecule has 2 N–H and O–H groups in total. The summed E-state index contributed by atoms with van der Waals surface area (Å²) in [6.07, 6.45) is 0. The third-order valence-corrected chi connectivity index (χ3v) is 1.42. The van der Waals surface area contributed by atoms with E-state index in [9.17, 15) is 44.1 Å². The van der Waals surface area contributed by atoms with Crippen molar-refractivity contribution in [3.8, 4) is 0 Å². The Morgan fingerprint density at radius 2 is 1.24 bits per heavy atom. The summed E-state index contributed by atoms with van der Waals surface area (Å²) < 4.78 is 120. The van der Waals surface area contributed by atoms with E-state index in [2.05, 4.69) is 5.73 Å². The van der Waals surface area contributed by atoms with Gasteiger partial charge in [-0.05, 0) is 5.34 Å². The van der Waals surface area contributed by atoms with E-state index >= 15 is 0 Å². The summed E-state index contributed by atoms with van der Waals surface area (Å²) in [5, 5.41) is -2.92. The van der Waals surface area contributed by atoms with Crippen molar-refractivity contribution < 1.29 is 44.1 Å². The highest BCUT2D eigenvalue weighted by atomic mass is 19.4. The maximum Gasteiger partial charge on any atom is 0.392 e. The number of rotatable bonds is 4. The van der Waals surface area contributed by atoms with Gasteiger partial charge in [-0.3, -0.25) is 5.73 Å². The molecule has 0 bridgehead atoms. The van der Waals surface area contributed by atoms with Crippen molar-refractivity contribution in [1.29, 1.82) is 0 Å². The van der Waals surface area contributed by atoms with Gasteiger partial charge in [-0.15, -0.1) is 0 Å². The average molecular weight is 280 g/mol. The molecule has 0 saturated heterocycles. The standard InChI is InChI=1S/C5H2F10N2/c6-1(2(7)17(14)15)3(8,9)4(10,11)5(12,13)16/h16H2. The van der Waals surface area contributed by atoms with E-state index in [-0.39, 0.29) is 0 Å². The second kappa shape index (κ2) is 4.23. The summed E-state index contributed by atoms with van der Waals surface area (Å²) in [4.78, 5) is 0. The summed E-state index contributed by atoms with van der Waals surface area (Å²) >= 11 is 0. The maximum atomic E-state index is 12.4. The second-order valence-corrected chi connectivity index (χ2v) is 2.61. The molecule has 0 aliphatic carbocycles. The van der Waals surface area contributed by atoms with Crippen molar-refractivity contribution in [2.24, 2.45) is 5.73 Å². The van der Waals surface area contributed by atoms with Crippen molar-refractivity contribution in [2.75, 3.05) is 0 Å². The molecule has 0 spiro atoms. The molecule has 0 atom stereocenters. The summed E-state index contributed by atoms with van der Waals surface area (Å²) in [6.45, 7) is 0. The van der Waals surface area contributed by atoms with Gasteiger partial charge >= 0.3 is 17.9 Å². The van der Waals surface area contributed by atoms with E-state index < -0.39 is 35.0 Å². The SMILES string of the molecule is NC(F)(F)C(F)(F)C(F)(F)C(F)=C(F)N(F)F. The minimum Gasteiger partial charge on any atom is -0.267 e. The molecule has 0 aromatic rings. The molecule has 0 radical (unpaired) electrons.